The molecule has 1 aromatic carbocycles. The summed E-state index contributed by atoms with van der Waals surface area (Å²) in [5.74, 6) is 0.704. The quantitative estimate of drug-likeness (QED) is 0.836. The van der Waals surface area contributed by atoms with Gasteiger partial charge in [0, 0.05) is 24.5 Å². The van der Waals surface area contributed by atoms with Crippen molar-refractivity contribution in [3.05, 3.63) is 35.4 Å². The Morgan fingerprint density at radius 2 is 1.94 bits per heavy atom. The topological polar surface area (TPSA) is 29.3 Å². The minimum atomic E-state index is 0.185. The minimum absolute atomic E-state index is 0.185. The molecule has 0 spiro atoms. The molecule has 2 heteroatoms. The van der Waals surface area contributed by atoms with Crippen molar-refractivity contribution in [1.82, 2.24) is 4.90 Å². The Bertz CT molecular complexity index is 388. The van der Waals surface area contributed by atoms with Gasteiger partial charge in [0.1, 0.15) is 0 Å². The van der Waals surface area contributed by atoms with E-state index in [2.05, 4.69) is 50.1 Å². The molecule has 2 nitrogen and oxygen atoms in total. The van der Waals surface area contributed by atoms with Gasteiger partial charge >= 0.3 is 0 Å². The van der Waals surface area contributed by atoms with Crippen molar-refractivity contribution in [2.45, 2.75) is 44.6 Å². The van der Waals surface area contributed by atoms with E-state index in [0.29, 0.717) is 5.92 Å². The number of hydrogen-bond donors (Lipinski definition) is 1. The highest BCUT2D eigenvalue weighted by molar-refractivity contribution is 5.40. The van der Waals surface area contributed by atoms with E-state index in [1.54, 1.807) is 5.56 Å². The highest BCUT2D eigenvalue weighted by Crippen LogP contribution is 2.36. The Hall–Kier alpha value is -0.860. The molecule has 1 aliphatic rings. The molecule has 0 heterocycles. The van der Waals surface area contributed by atoms with Gasteiger partial charge in [-0.2, -0.15) is 0 Å². The highest BCUT2D eigenvalue weighted by atomic mass is 15.2. The van der Waals surface area contributed by atoms with Crippen molar-refractivity contribution in [2.75, 3.05) is 20.1 Å². The molecule has 0 fully saturated rings. The smallest absolute Gasteiger partial charge is 0.0323 e. The van der Waals surface area contributed by atoms with Gasteiger partial charge in [-0.15, -0.1) is 0 Å². The molecule has 0 aromatic heterocycles. The minimum Gasteiger partial charge on any atom is -0.329 e. The van der Waals surface area contributed by atoms with Gasteiger partial charge in [0.25, 0.3) is 0 Å². The maximum atomic E-state index is 6.02. The lowest BCUT2D eigenvalue weighted by atomic mass is 9.76. The van der Waals surface area contributed by atoms with E-state index in [1.807, 2.05) is 0 Å². The Morgan fingerprint density at radius 1 is 1.28 bits per heavy atom. The van der Waals surface area contributed by atoms with Crippen LogP contribution in [0.1, 0.15) is 43.7 Å². The van der Waals surface area contributed by atoms with Crippen LogP contribution in [0.15, 0.2) is 24.3 Å². The van der Waals surface area contributed by atoms with Crippen LogP contribution < -0.4 is 5.73 Å². The molecule has 0 aliphatic heterocycles. The standard InChI is InChI=1S/C16H26N2/c1-4-16(5-2,12-17)18(3)11-14-10-13-8-6-7-9-15(13)14/h6-9,14H,4-5,10-12,17H2,1-3H3. The average Bonchev–Trinajstić information content (AvgIpc) is 2.39. The molecule has 1 aromatic rings. The summed E-state index contributed by atoms with van der Waals surface area (Å²) in [5, 5.41) is 0. The fraction of sp³-hybridized carbons (Fsp3) is 0.625. The number of hydrogen-bond acceptors (Lipinski definition) is 2. The lowest BCUT2D eigenvalue weighted by Gasteiger charge is -2.44. The predicted molar refractivity (Wildman–Crippen MR) is 77.9 cm³/mol. The van der Waals surface area contributed by atoms with E-state index in [1.165, 1.54) is 12.0 Å². The van der Waals surface area contributed by atoms with Gasteiger partial charge in [0.15, 0.2) is 0 Å². The van der Waals surface area contributed by atoms with Crippen LogP contribution in [0.25, 0.3) is 0 Å². The molecule has 0 saturated carbocycles. The van der Waals surface area contributed by atoms with Crippen LogP contribution in [0.2, 0.25) is 0 Å². The van der Waals surface area contributed by atoms with E-state index >= 15 is 0 Å². The molecule has 1 aliphatic carbocycles. The monoisotopic (exact) mass is 246 g/mol. The summed E-state index contributed by atoms with van der Waals surface area (Å²) in [6.07, 6.45) is 3.49. The van der Waals surface area contributed by atoms with Gasteiger partial charge in [-0.1, -0.05) is 38.1 Å². The zero-order chi connectivity index (χ0) is 13.2. The summed E-state index contributed by atoms with van der Waals surface area (Å²) in [4.78, 5) is 2.49. The number of fused-ring (bicyclic) bond motifs is 1. The first-order chi connectivity index (χ1) is 8.66. The normalized spacial score (nSPS) is 18.6. The largest absolute Gasteiger partial charge is 0.329 e. The molecule has 2 rings (SSSR count). The summed E-state index contributed by atoms with van der Waals surface area (Å²) in [5.41, 5.74) is 9.28. The molecule has 0 amide bonds. The number of likely N-dealkylation sites (N-methyl/N-ethyl adjacent to an activating group) is 1. The summed E-state index contributed by atoms with van der Waals surface area (Å²) in [7, 11) is 2.24. The van der Waals surface area contributed by atoms with Gasteiger partial charge in [-0.25, -0.2) is 0 Å². The Kier molecular flexibility index (Phi) is 4.08. The lowest BCUT2D eigenvalue weighted by Crippen LogP contribution is -2.53. The zero-order valence-corrected chi connectivity index (χ0v) is 11.9. The van der Waals surface area contributed by atoms with E-state index in [-0.39, 0.29) is 5.54 Å². The highest BCUT2D eigenvalue weighted by Gasteiger charge is 2.34. The van der Waals surface area contributed by atoms with Gasteiger partial charge in [0.2, 0.25) is 0 Å². The second kappa shape index (κ2) is 5.41. The molecule has 0 saturated heterocycles. The van der Waals surface area contributed by atoms with E-state index in [4.69, 9.17) is 5.73 Å². The first-order valence-corrected chi connectivity index (χ1v) is 7.16. The van der Waals surface area contributed by atoms with Gasteiger partial charge < -0.3 is 5.73 Å². The Balaban J connectivity index is 2.03. The zero-order valence-electron chi connectivity index (χ0n) is 11.9. The van der Waals surface area contributed by atoms with Crippen LogP contribution >= 0.6 is 0 Å². The molecule has 1 unspecified atom stereocenters. The summed E-state index contributed by atoms with van der Waals surface area (Å²) < 4.78 is 0. The van der Waals surface area contributed by atoms with Crippen molar-refractivity contribution >= 4 is 0 Å². The SMILES string of the molecule is CCC(CC)(CN)N(C)CC1Cc2ccccc21. The number of nitrogens with zero attached hydrogens (tertiary/aromatic N) is 1. The number of benzene rings is 1. The third-order valence-electron chi connectivity index (χ3n) is 4.96. The summed E-state index contributed by atoms with van der Waals surface area (Å²) in [6, 6.07) is 8.82. The summed E-state index contributed by atoms with van der Waals surface area (Å²) >= 11 is 0. The third-order valence-corrected chi connectivity index (χ3v) is 4.96. The van der Waals surface area contributed by atoms with Gasteiger partial charge in [-0.3, -0.25) is 4.90 Å². The van der Waals surface area contributed by atoms with Gasteiger partial charge in [0.05, 0.1) is 0 Å². The molecule has 2 N–H and O–H groups in total. The average molecular weight is 246 g/mol. The maximum Gasteiger partial charge on any atom is 0.0323 e. The van der Waals surface area contributed by atoms with Crippen LogP contribution in [0.5, 0.6) is 0 Å². The van der Waals surface area contributed by atoms with Crippen LogP contribution in [0.3, 0.4) is 0 Å². The van der Waals surface area contributed by atoms with Crippen molar-refractivity contribution in [3.8, 4) is 0 Å². The molecular formula is C16H26N2. The van der Waals surface area contributed by atoms with E-state index in [0.717, 1.165) is 25.9 Å². The fourth-order valence-corrected chi connectivity index (χ4v) is 3.28. The summed E-state index contributed by atoms with van der Waals surface area (Å²) in [6.45, 7) is 6.39. The number of nitrogens with two attached hydrogens (primary N) is 1. The maximum absolute atomic E-state index is 6.02. The second-order valence-corrected chi connectivity index (χ2v) is 5.62. The van der Waals surface area contributed by atoms with Gasteiger partial charge in [-0.05, 0) is 37.4 Å². The first kappa shape index (κ1) is 13.6. The Labute approximate surface area is 111 Å². The predicted octanol–water partition coefficient (Wildman–Crippen LogP) is 2.78. The molecule has 100 valence electrons. The second-order valence-electron chi connectivity index (χ2n) is 5.62. The van der Waals surface area contributed by atoms with Crippen LogP contribution in [0, 0.1) is 0 Å². The van der Waals surface area contributed by atoms with Crippen LogP contribution in [-0.4, -0.2) is 30.6 Å². The lowest BCUT2D eigenvalue weighted by molar-refractivity contribution is 0.105. The Morgan fingerprint density at radius 3 is 2.50 bits per heavy atom. The van der Waals surface area contributed by atoms with Crippen molar-refractivity contribution in [3.63, 3.8) is 0 Å². The van der Waals surface area contributed by atoms with Crippen LogP contribution in [0.4, 0.5) is 0 Å². The van der Waals surface area contributed by atoms with Crippen LogP contribution in [-0.2, 0) is 6.42 Å². The van der Waals surface area contributed by atoms with Crippen molar-refractivity contribution in [1.29, 1.82) is 0 Å². The van der Waals surface area contributed by atoms with E-state index in [9.17, 15) is 0 Å². The first-order valence-electron chi connectivity index (χ1n) is 7.16. The fourth-order valence-electron chi connectivity index (χ4n) is 3.28. The molecule has 18 heavy (non-hydrogen) atoms. The molecule has 0 bridgehead atoms. The molecule has 0 radical (unpaired) electrons. The third kappa shape index (κ3) is 2.19. The molecular weight excluding hydrogens is 220 g/mol. The molecule has 1 atom stereocenters. The van der Waals surface area contributed by atoms with Crippen molar-refractivity contribution in [2.24, 2.45) is 5.73 Å². The van der Waals surface area contributed by atoms with Crippen molar-refractivity contribution < 1.29 is 0 Å². The van der Waals surface area contributed by atoms with E-state index < -0.39 is 0 Å². The number of rotatable bonds is 6.